The number of ether oxygens (including phenoxy) is 1. The molecule has 17 heavy (non-hydrogen) atoms. The molecule has 2 aliphatic heterocycles. The molecule has 0 saturated carbocycles. The van der Waals surface area contributed by atoms with Crippen molar-refractivity contribution in [2.75, 3.05) is 19.7 Å². The van der Waals surface area contributed by atoms with Crippen LogP contribution in [0.4, 0.5) is 0 Å². The molecule has 1 atom stereocenters. The van der Waals surface area contributed by atoms with E-state index >= 15 is 0 Å². The van der Waals surface area contributed by atoms with Crippen molar-refractivity contribution in [1.82, 2.24) is 5.32 Å². The molecular formula is C14H18N2O. The summed E-state index contributed by atoms with van der Waals surface area (Å²) >= 11 is 0. The van der Waals surface area contributed by atoms with E-state index in [1.54, 1.807) is 0 Å². The highest BCUT2D eigenvalue weighted by Crippen LogP contribution is 2.30. The Balaban J connectivity index is 1.84. The minimum atomic E-state index is 0.150. The van der Waals surface area contributed by atoms with E-state index in [-0.39, 0.29) is 5.54 Å². The number of aliphatic imine (C=N–C) groups is 1. The fourth-order valence-electron chi connectivity index (χ4n) is 2.63. The second-order valence-corrected chi connectivity index (χ2v) is 4.98. The lowest BCUT2D eigenvalue weighted by Crippen LogP contribution is -2.33. The Morgan fingerprint density at radius 2 is 2.12 bits per heavy atom. The Morgan fingerprint density at radius 3 is 2.71 bits per heavy atom. The van der Waals surface area contributed by atoms with E-state index in [4.69, 9.17) is 4.74 Å². The van der Waals surface area contributed by atoms with Crippen molar-refractivity contribution < 1.29 is 4.74 Å². The van der Waals surface area contributed by atoms with E-state index < -0.39 is 0 Å². The van der Waals surface area contributed by atoms with Crippen molar-refractivity contribution in [1.29, 1.82) is 0 Å². The highest BCUT2D eigenvalue weighted by atomic mass is 16.5. The Morgan fingerprint density at radius 1 is 1.29 bits per heavy atom. The van der Waals surface area contributed by atoms with Crippen molar-refractivity contribution in [3.63, 3.8) is 0 Å². The van der Waals surface area contributed by atoms with Crippen molar-refractivity contribution in [3.8, 4) is 0 Å². The lowest BCUT2D eigenvalue weighted by Gasteiger charge is -2.25. The van der Waals surface area contributed by atoms with Gasteiger partial charge in [0.25, 0.3) is 0 Å². The van der Waals surface area contributed by atoms with Crippen molar-refractivity contribution >= 4 is 5.90 Å². The normalized spacial score (nSPS) is 27.9. The maximum atomic E-state index is 5.46. The van der Waals surface area contributed by atoms with Gasteiger partial charge in [0.05, 0.1) is 6.54 Å². The van der Waals surface area contributed by atoms with Crippen LogP contribution in [0.15, 0.2) is 29.3 Å². The molecule has 0 bridgehead atoms. The molecule has 1 N–H and O–H groups in total. The van der Waals surface area contributed by atoms with E-state index in [1.807, 2.05) is 0 Å². The first-order valence-electron chi connectivity index (χ1n) is 6.31. The minimum absolute atomic E-state index is 0.150. The minimum Gasteiger partial charge on any atom is -0.476 e. The Hall–Kier alpha value is -1.35. The summed E-state index contributed by atoms with van der Waals surface area (Å²) in [6.07, 6.45) is 2.47. The smallest absolute Gasteiger partial charge is 0.216 e. The van der Waals surface area contributed by atoms with Crippen LogP contribution in [0.5, 0.6) is 0 Å². The lowest BCUT2D eigenvalue weighted by molar-refractivity contribution is 0.348. The van der Waals surface area contributed by atoms with Crippen LogP contribution in [0.25, 0.3) is 0 Å². The second-order valence-electron chi connectivity index (χ2n) is 4.98. The van der Waals surface area contributed by atoms with E-state index in [9.17, 15) is 0 Å². The van der Waals surface area contributed by atoms with Gasteiger partial charge in [-0.25, -0.2) is 4.99 Å². The number of nitrogens with zero attached hydrogens (tertiary/aromatic N) is 1. The van der Waals surface area contributed by atoms with Gasteiger partial charge in [-0.05, 0) is 44.0 Å². The first-order chi connectivity index (χ1) is 8.28. The van der Waals surface area contributed by atoms with Gasteiger partial charge in [0.15, 0.2) is 0 Å². The molecule has 1 saturated heterocycles. The van der Waals surface area contributed by atoms with Gasteiger partial charge in [0, 0.05) is 11.1 Å². The van der Waals surface area contributed by atoms with Gasteiger partial charge in [-0.15, -0.1) is 0 Å². The number of hydrogen-bond donors (Lipinski definition) is 1. The quantitative estimate of drug-likeness (QED) is 0.843. The van der Waals surface area contributed by atoms with Gasteiger partial charge in [-0.1, -0.05) is 12.1 Å². The van der Waals surface area contributed by atoms with Gasteiger partial charge in [0.2, 0.25) is 5.90 Å². The zero-order valence-corrected chi connectivity index (χ0v) is 10.2. The zero-order chi connectivity index (χ0) is 11.7. The average Bonchev–Trinajstić information content (AvgIpc) is 3.01. The molecule has 1 aromatic rings. The summed E-state index contributed by atoms with van der Waals surface area (Å²) in [6.45, 7) is 4.90. The first kappa shape index (κ1) is 10.8. The summed E-state index contributed by atoms with van der Waals surface area (Å²) in [5.41, 5.74) is 2.60. The summed E-state index contributed by atoms with van der Waals surface area (Å²) in [5, 5.41) is 3.58. The molecule has 0 amide bonds. The summed E-state index contributed by atoms with van der Waals surface area (Å²) in [5.74, 6) is 0.793. The van der Waals surface area contributed by atoms with Crippen LogP contribution >= 0.6 is 0 Å². The maximum absolute atomic E-state index is 5.46. The van der Waals surface area contributed by atoms with E-state index in [2.05, 4.69) is 41.5 Å². The molecule has 3 nitrogen and oxygen atoms in total. The highest BCUT2D eigenvalue weighted by molar-refractivity contribution is 5.94. The lowest BCUT2D eigenvalue weighted by atomic mass is 9.90. The van der Waals surface area contributed by atoms with Crippen LogP contribution in [0, 0.1) is 0 Å². The van der Waals surface area contributed by atoms with Crippen LogP contribution in [0.1, 0.15) is 30.9 Å². The van der Waals surface area contributed by atoms with Gasteiger partial charge < -0.3 is 10.1 Å². The van der Waals surface area contributed by atoms with Crippen LogP contribution in [0.3, 0.4) is 0 Å². The van der Waals surface area contributed by atoms with Crippen LogP contribution in [-0.2, 0) is 10.3 Å². The third kappa shape index (κ3) is 1.95. The third-order valence-electron chi connectivity index (χ3n) is 3.72. The molecule has 2 heterocycles. The van der Waals surface area contributed by atoms with Crippen LogP contribution in [0.2, 0.25) is 0 Å². The van der Waals surface area contributed by atoms with Crippen LogP contribution < -0.4 is 5.32 Å². The van der Waals surface area contributed by atoms with E-state index in [0.717, 1.165) is 31.2 Å². The average molecular weight is 230 g/mol. The maximum Gasteiger partial charge on any atom is 0.216 e. The molecule has 90 valence electrons. The molecule has 1 unspecified atom stereocenters. The topological polar surface area (TPSA) is 33.6 Å². The number of hydrogen-bond acceptors (Lipinski definition) is 3. The van der Waals surface area contributed by atoms with Crippen LogP contribution in [-0.4, -0.2) is 25.6 Å². The second kappa shape index (κ2) is 4.15. The molecule has 0 aromatic heterocycles. The molecule has 0 aliphatic carbocycles. The van der Waals surface area contributed by atoms with Crippen molar-refractivity contribution in [3.05, 3.63) is 35.4 Å². The Kier molecular flexibility index (Phi) is 2.63. The fraction of sp³-hybridized carbons (Fsp3) is 0.500. The van der Waals surface area contributed by atoms with Gasteiger partial charge in [0.1, 0.15) is 6.61 Å². The van der Waals surface area contributed by atoms with Gasteiger partial charge >= 0.3 is 0 Å². The molecule has 3 heteroatoms. The molecule has 1 aromatic carbocycles. The number of rotatable bonds is 2. The summed E-state index contributed by atoms with van der Waals surface area (Å²) in [6, 6.07) is 8.62. The fourth-order valence-corrected chi connectivity index (χ4v) is 2.63. The summed E-state index contributed by atoms with van der Waals surface area (Å²) in [7, 11) is 0. The predicted molar refractivity (Wildman–Crippen MR) is 68.4 cm³/mol. The molecular weight excluding hydrogens is 212 g/mol. The molecule has 0 spiro atoms. The van der Waals surface area contributed by atoms with Crippen molar-refractivity contribution in [2.45, 2.75) is 25.3 Å². The summed E-state index contributed by atoms with van der Waals surface area (Å²) in [4.78, 5) is 4.33. The standard InChI is InChI=1S/C14H18N2O/c1-14(7-2-8-16-14)12-5-3-11(4-6-12)13-15-9-10-17-13/h3-6,16H,2,7-10H2,1H3. The van der Waals surface area contributed by atoms with Gasteiger partial charge in [-0.3, -0.25) is 0 Å². The SMILES string of the molecule is CC1(c2ccc(C3=NCCO3)cc2)CCCN1. The van der Waals surface area contributed by atoms with E-state index in [0.29, 0.717) is 0 Å². The molecule has 0 radical (unpaired) electrons. The third-order valence-corrected chi connectivity index (χ3v) is 3.72. The molecule has 1 fully saturated rings. The Labute approximate surface area is 102 Å². The number of benzene rings is 1. The summed E-state index contributed by atoms with van der Waals surface area (Å²) < 4.78 is 5.46. The van der Waals surface area contributed by atoms with E-state index in [1.165, 1.54) is 18.4 Å². The highest BCUT2D eigenvalue weighted by Gasteiger charge is 2.29. The largest absolute Gasteiger partial charge is 0.476 e. The van der Waals surface area contributed by atoms with Crippen molar-refractivity contribution in [2.24, 2.45) is 4.99 Å². The zero-order valence-electron chi connectivity index (χ0n) is 10.2. The Bertz CT molecular complexity index is 430. The first-order valence-corrected chi connectivity index (χ1v) is 6.31. The molecule has 3 rings (SSSR count). The predicted octanol–water partition coefficient (Wildman–Crippen LogP) is 2.06. The monoisotopic (exact) mass is 230 g/mol. The number of nitrogens with one attached hydrogen (secondary N) is 1. The van der Waals surface area contributed by atoms with Gasteiger partial charge in [-0.2, -0.15) is 0 Å². The molecule has 2 aliphatic rings.